The maximum absolute atomic E-state index is 12.5. The molecule has 1 aliphatic rings. The van der Waals surface area contributed by atoms with Gasteiger partial charge in [-0.2, -0.15) is 0 Å². The largest absolute Gasteiger partial charge is 0.497 e. The highest BCUT2D eigenvalue weighted by molar-refractivity contribution is 5.87. The molecule has 1 aliphatic carbocycles. The summed E-state index contributed by atoms with van der Waals surface area (Å²) in [4.78, 5) is 23.5. The van der Waals surface area contributed by atoms with E-state index in [4.69, 9.17) is 9.84 Å². The molecule has 3 aromatic carbocycles. The fourth-order valence-corrected chi connectivity index (χ4v) is 4.78. The molecule has 34 heavy (non-hydrogen) atoms. The average Bonchev–Trinajstić information content (AvgIpc) is 3.20. The maximum Gasteiger partial charge on any atom is 0.335 e. The van der Waals surface area contributed by atoms with Gasteiger partial charge in [0, 0.05) is 18.8 Å². The number of aromatic carboxylic acids is 1. The van der Waals surface area contributed by atoms with Gasteiger partial charge in [0.25, 0.3) is 0 Å². The van der Waals surface area contributed by atoms with Gasteiger partial charge in [0.1, 0.15) is 11.5 Å². The molecule has 0 aromatic heterocycles. The summed E-state index contributed by atoms with van der Waals surface area (Å²) in [6.45, 7) is 0. The second-order valence-electron chi connectivity index (χ2n) is 9.02. The number of fused-ring (bicyclic) bond motifs is 1. The summed E-state index contributed by atoms with van der Waals surface area (Å²) in [5.41, 5.74) is 2.35. The summed E-state index contributed by atoms with van der Waals surface area (Å²) in [6.07, 6.45) is 6.57. The lowest BCUT2D eigenvalue weighted by Crippen LogP contribution is -2.15. The van der Waals surface area contributed by atoms with Crippen LogP contribution in [0, 0.1) is 11.8 Å². The summed E-state index contributed by atoms with van der Waals surface area (Å²) >= 11 is 0. The number of ketones is 1. The highest BCUT2D eigenvalue weighted by Gasteiger charge is 2.32. The van der Waals surface area contributed by atoms with E-state index in [2.05, 4.69) is 6.07 Å². The molecule has 0 radical (unpaired) electrons. The Kier molecular flexibility index (Phi) is 7.43. The second kappa shape index (κ2) is 10.7. The van der Waals surface area contributed by atoms with Crippen LogP contribution in [0.2, 0.25) is 0 Å². The van der Waals surface area contributed by atoms with Crippen molar-refractivity contribution >= 4 is 22.5 Å². The topological polar surface area (TPSA) is 83.8 Å². The van der Waals surface area contributed by atoms with Crippen molar-refractivity contribution in [2.24, 2.45) is 11.8 Å². The van der Waals surface area contributed by atoms with Crippen LogP contribution in [0.4, 0.5) is 0 Å². The van der Waals surface area contributed by atoms with Gasteiger partial charge in [-0.25, -0.2) is 4.79 Å². The summed E-state index contributed by atoms with van der Waals surface area (Å²) in [5, 5.41) is 21.8. The third-order valence-electron chi connectivity index (χ3n) is 6.74. The number of aryl methyl sites for hydroxylation is 1. The van der Waals surface area contributed by atoms with E-state index in [1.165, 1.54) is 0 Å². The molecule has 5 nitrogen and oxygen atoms in total. The van der Waals surface area contributed by atoms with Gasteiger partial charge in [-0.1, -0.05) is 48.6 Å². The highest BCUT2D eigenvalue weighted by atomic mass is 16.5. The smallest absolute Gasteiger partial charge is 0.335 e. The van der Waals surface area contributed by atoms with Crippen LogP contribution in [-0.4, -0.2) is 35.2 Å². The number of carbonyl (C=O) groups excluding carboxylic acids is 1. The second-order valence-corrected chi connectivity index (χ2v) is 9.02. The summed E-state index contributed by atoms with van der Waals surface area (Å²) < 4.78 is 5.28. The van der Waals surface area contributed by atoms with Crippen LogP contribution in [0.25, 0.3) is 10.8 Å². The van der Waals surface area contributed by atoms with Crippen molar-refractivity contribution in [3.8, 4) is 5.75 Å². The minimum Gasteiger partial charge on any atom is -0.497 e. The lowest BCUT2D eigenvalue weighted by Gasteiger charge is -2.16. The molecule has 1 unspecified atom stereocenters. The highest BCUT2D eigenvalue weighted by Crippen LogP contribution is 2.33. The molecule has 3 atom stereocenters. The number of aliphatic hydroxyl groups excluding tert-OH is 1. The van der Waals surface area contributed by atoms with Crippen molar-refractivity contribution in [1.29, 1.82) is 0 Å². The number of ether oxygens (including phenoxy) is 1. The molecule has 0 bridgehead atoms. The van der Waals surface area contributed by atoms with Gasteiger partial charge in [-0.3, -0.25) is 4.79 Å². The predicted molar refractivity (Wildman–Crippen MR) is 132 cm³/mol. The molecule has 176 valence electrons. The number of benzene rings is 3. The number of allylic oxidation sites excluding steroid dienone is 1. The van der Waals surface area contributed by atoms with Crippen LogP contribution in [0.1, 0.15) is 40.7 Å². The molecule has 5 heteroatoms. The van der Waals surface area contributed by atoms with Gasteiger partial charge in [-0.05, 0) is 71.3 Å². The molecule has 4 rings (SSSR count). The van der Waals surface area contributed by atoms with Gasteiger partial charge in [0.15, 0.2) is 0 Å². The molecule has 0 saturated heterocycles. The summed E-state index contributed by atoms with van der Waals surface area (Å²) in [6, 6.07) is 18.9. The fourth-order valence-electron chi connectivity index (χ4n) is 4.78. The summed E-state index contributed by atoms with van der Waals surface area (Å²) in [5.74, 6) is 0.227. The first-order valence-electron chi connectivity index (χ1n) is 11.7. The minimum atomic E-state index is -0.940. The quantitative estimate of drug-likeness (QED) is 0.429. The molecular weight excluding hydrogens is 428 g/mol. The molecular formula is C29H30O5. The minimum absolute atomic E-state index is 0.0572. The Morgan fingerprint density at radius 2 is 1.76 bits per heavy atom. The summed E-state index contributed by atoms with van der Waals surface area (Å²) in [7, 11) is 1.65. The standard InChI is InChI=1S/C29H30O5/c1-34-26-13-10-23-16-20(4-8-24(23)18-26)17-25(30)12-9-21-11-15-28(31)27(21)14-5-19-2-6-22(7-3-19)29(32)33/h2-4,6-10,12-13,16,18,21,25,27,30H,5,11,14-15,17H2,1H3,(H,32,33)/t21-,25?,27+/m0/s1. The SMILES string of the molecule is COc1ccc2cc(CC(O)C=C[C@H]3CCC(=O)[C@@H]3CCc3ccc(C(=O)O)cc3)ccc2c1. The number of aliphatic hydroxyl groups is 1. The Hall–Kier alpha value is -3.44. The van der Waals surface area contributed by atoms with E-state index in [9.17, 15) is 14.7 Å². The molecule has 1 fully saturated rings. The molecule has 0 aliphatic heterocycles. The normalized spacial score (nSPS) is 19.1. The van der Waals surface area contributed by atoms with Crippen LogP contribution in [0.3, 0.4) is 0 Å². The van der Waals surface area contributed by atoms with Crippen molar-refractivity contribution in [2.75, 3.05) is 7.11 Å². The van der Waals surface area contributed by atoms with E-state index < -0.39 is 12.1 Å². The van der Waals surface area contributed by atoms with Gasteiger partial charge in [0.05, 0.1) is 18.8 Å². The zero-order valence-electron chi connectivity index (χ0n) is 19.3. The molecule has 1 saturated carbocycles. The van der Waals surface area contributed by atoms with E-state index >= 15 is 0 Å². The van der Waals surface area contributed by atoms with Gasteiger partial charge < -0.3 is 14.9 Å². The third-order valence-corrected chi connectivity index (χ3v) is 6.74. The number of methoxy groups -OCH3 is 1. The van der Waals surface area contributed by atoms with Crippen molar-refractivity contribution < 1.29 is 24.5 Å². The fraction of sp³-hybridized carbons (Fsp3) is 0.310. The lowest BCUT2D eigenvalue weighted by molar-refractivity contribution is -0.121. The first-order valence-corrected chi connectivity index (χ1v) is 11.7. The molecule has 0 heterocycles. The number of hydrogen-bond acceptors (Lipinski definition) is 4. The molecule has 2 N–H and O–H groups in total. The van der Waals surface area contributed by atoms with E-state index in [0.717, 1.165) is 46.9 Å². The van der Waals surface area contributed by atoms with Gasteiger partial charge in [0.2, 0.25) is 0 Å². The van der Waals surface area contributed by atoms with Crippen LogP contribution >= 0.6 is 0 Å². The number of rotatable bonds is 9. The average molecular weight is 459 g/mol. The first-order chi connectivity index (χ1) is 16.4. The Morgan fingerprint density at radius 1 is 1.06 bits per heavy atom. The third kappa shape index (κ3) is 5.72. The number of carbonyl (C=O) groups is 2. The van der Waals surface area contributed by atoms with Crippen molar-refractivity contribution in [3.05, 3.63) is 89.5 Å². The number of carboxylic acids is 1. The first kappa shape index (κ1) is 23.7. The monoisotopic (exact) mass is 458 g/mol. The van der Waals surface area contributed by atoms with E-state index in [-0.39, 0.29) is 23.2 Å². The number of hydrogen-bond donors (Lipinski definition) is 2. The van der Waals surface area contributed by atoms with Crippen molar-refractivity contribution in [3.63, 3.8) is 0 Å². The van der Waals surface area contributed by atoms with E-state index in [0.29, 0.717) is 12.8 Å². The molecule has 0 amide bonds. The lowest BCUT2D eigenvalue weighted by atomic mass is 9.88. The maximum atomic E-state index is 12.5. The Morgan fingerprint density at radius 3 is 2.50 bits per heavy atom. The van der Waals surface area contributed by atoms with E-state index in [1.54, 1.807) is 19.2 Å². The zero-order chi connectivity index (χ0) is 24.1. The van der Waals surface area contributed by atoms with Crippen LogP contribution in [-0.2, 0) is 17.6 Å². The molecule has 3 aromatic rings. The van der Waals surface area contributed by atoms with Crippen molar-refractivity contribution in [2.45, 2.75) is 38.2 Å². The number of Topliss-reactive ketones (excluding diaryl/α,β-unsaturated/α-hetero) is 1. The van der Waals surface area contributed by atoms with Crippen LogP contribution in [0.15, 0.2) is 72.8 Å². The Balaban J connectivity index is 1.35. The Labute approximate surface area is 199 Å². The Bertz CT molecular complexity index is 1190. The van der Waals surface area contributed by atoms with Crippen LogP contribution in [0.5, 0.6) is 5.75 Å². The van der Waals surface area contributed by atoms with E-state index in [1.807, 2.05) is 54.6 Å². The van der Waals surface area contributed by atoms with Crippen LogP contribution < -0.4 is 4.74 Å². The number of carboxylic acid groups (broad SMARTS) is 1. The van der Waals surface area contributed by atoms with Crippen molar-refractivity contribution in [1.82, 2.24) is 0 Å². The van der Waals surface area contributed by atoms with Gasteiger partial charge in [-0.15, -0.1) is 0 Å². The molecule has 0 spiro atoms. The van der Waals surface area contributed by atoms with Gasteiger partial charge >= 0.3 is 5.97 Å². The zero-order valence-corrected chi connectivity index (χ0v) is 19.3. The predicted octanol–water partition coefficient (Wildman–Crippen LogP) is 5.23.